The maximum absolute atomic E-state index is 12.2. The van der Waals surface area contributed by atoms with Gasteiger partial charge in [-0.05, 0) is 49.6 Å². The van der Waals surface area contributed by atoms with Gasteiger partial charge in [-0.2, -0.15) is 0 Å². The Morgan fingerprint density at radius 2 is 2.00 bits per heavy atom. The first-order valence-corrected chi connectivity index (χ1v) is 9.31. The van der Waals surface area contributed by atoms with E-state index in [0.717, 1.165) is 47.8 Å². The summed E-state index contributed by atoms with van der Waals surface area (Å²) in [6.45, 7) is 4.66. The second kappa shape index (κ2) is 7.80. The smallest absolute Gasteiger partial charge is 0.261 e. The SMILES string of the molecule is Cc1ccc(C(=O)NC2CCN(Cc3cccc(C(N)=O)c3)CC2)s1. The maximum Gasteiger partial charge on any atom is 0.261 e. The van der Waals surface area contributed by atoms with E-state index >= 15 is 0 Å². The molecular formula is C19H23N3O2S. The van der Waals surface area contributed by atoms with E-state index in [2.05, 4.69) is 10.2 Å². The zero-order valence-electron chi connectivity index (χ0n) is 14.3. The molecule has 6 heteroatoms. The van der Waals surface area contributed by atoms with Crippen LogP contribution in [0, 0.1) is 6.92 Å². The molecule has 3 rings (SSSR count). The Kier molecular flexibility index (Phi) is 5.50. The Bertz CT molecular complexity index is 764. The number of thiophene rings is 1. The van der Waals surface area contributed by atoms with Crippen LogP contribution in [0.5, 0.6) is 0 Å². The summed E-state index contributed by atoms with van der Waals surface area (Å²) in [5.41, 5.74) is 6.98. The lowest BCUT2D eigenvalue weighted by Gasteiger charge is -2.32. The number of carbonyl (C=O) groups excluding carboxylic acids is 2. The van der Waals surface area contributed by atoms with Crippen molar-refractivity contribution >= 4 is 23.2 Å². The Morgan fingerprint density at radius 3 is 2.64 bits per heavy atom. The summed E-state index contributed by atoms with van der Waals surface area (Å²) in [5.74, 6) is -0.363. The molecule has 5 nitrogen and oxygen atoms in total. The van der Waals surface area contributed by atoms with Crippen LogP contribution in [0.25, 0.3) is 0 Å². The molecule has 1 aromatic heterocycles. The average Bonchev–Trinajstić information content (AvgIpc) is 3.03. The molecule has 0 aliphatic carbocycles. The van der Waals surface area contributed by atoms with Crippen LogP contribution in [0.3, 0.4) is 0 Å². The van der Waals surface area contributed by atoms with Crippen molar-refractivity contribution < 1.29 is 9.59 Å². The first-order valence-electron chi connectivity index (χ1n) is 8.49. The molecule has 0 spiro atoms. The monoisotopic (exact) mass is 357 g/mol. The average molecular weight is 357 g/mol. The van der Waals surface area contributed by atoms with Gasteiger partial charge in [0.1, 0.15) is 0 Å². The lowest BCUT2D eigenvalue weighted by atomic mass is 10.0. The van der Waals surface area contributed by atoms with E-state index in [4.69, 9.17) is 5.73 Å². The van der Waals surface area contributed by atoms with Gasteiger partial charge in [-0.25, -0.2) is 0 Å². The van der Waals surface area contributed by atoms with Crippen LogP contribution in [-0.4, -0.2) is 35.8 Å². The van der Waals surface area contributed by atoms with Gasteiger partial charge in [-0.1, -0.05) is 12.1 Å². The fourth-order valence-corrected chi connectivity index (χ4v) is 3.90. The molecule has 1 aliphatic rings. The van der Waals surface area contributed by atoms with Gasteiger partial charge in [0.05, 0.1) is 4.88 Å². The molecule has 0 unspecified atom stereocenters. The van der Waals surface area contributed by atoms with Crippen molar-refractivity contribution in [2.45, 2.75) is 32.4 Å². The summed E-state index contributed by atoms with van der Waals surface area (Å²) in [4.78, 5) is 27.8. The van der Waals surface area contributed by atoms with Crippen molar-refractivity contribution in [3.05, 3.63) is 57.3 Å². The van der Waals surface area contributed by atoms with Crippen LogP contribution in [0.2, 0.25) is 0 Å². The van der Waals surface area contributed by atoms with Crippen molar-refractivity contribution in [3.8, 4) is 0 Å². The summed E-state index contributed by atoms with van der Waals surface area (Å²) >= 11 is 1.53. The van der Waals surface area contributed by atoms with Crippen molar-refractivity contribution in [2.24, 2.45) is 5.73 Å². The van der Waals surface area contributed by atoms with Gasteiger partial charge in [0.25, 0.3) is 5.91 Å². The van der Waals surface area contributed by atoms with E-state index in [1.807, 2.05) is 37.3 Å². The number of benzene rings is 1. The van der Waals surface area contributed by atoms with Crippen molar-refractivity contribution in [2.75, 3.05) is 13.1 Å². The van der Waals surface area contributed by atoms with Gasteiger partial charge in [-0.15, -0.1) is 11.3 Å². The number of likely N-dealkylation sites (tertiary alicyclic amines) is 1. The van der Waals surface area contributed by atoms with Gasteiger partial charge < -0.3 is 11.1 Å². The molecule has 1 fully saturated rings. The number of amides is 2. The lowest BCUT2D eigenvalue weighted by Crippen LogP contribution is -2.44. The van der Waals surface area contributed by atoms with Crippen molar-refractivity contribution in [1.82, 2.24) is 10.2 Å². The fourth-order valence-electron chi connectivity index (χ4n) is 3.13. The van der Waals surface area contributed by atoms with Gasteiger partial charge in [0.2, 0.25) is 5.91 Å². The van der Waals surface area contributed by atoms with Gasteiger partial charge in [0.15, 0.2) is 0 Å². The Labute approximate surface area is 151 Å². The highest BCUT2D eigenvalue weighted by Crippen LogP contribution is 2.18. The minimum absolute atomic E-state index is 0.0331. The molecule has 2 amide bonds. The first-order chi connectivity index (χ1) is 12.0. The number of aryl methyl sites for hydroxylation is 1. The molecule has 1 aromatic carbocycles. The minimum Gasteiger partial charge on any atom is -0.366 e. The number of nitrogens with one attached hydrogen (secondary N) is 1. The second-order valence-corrected chi connectivity index (χ2v) is 7.79. The Hall–Kier alpha value is -2.18. The van der Waals surface area contributed by atoms with Crippen molar-refractivity contribution in [3.63, 3.8) is 0 Å². The summed E-state index contributed by atoms with van der Waals surface area (Å²) in [6, 6.07) is 11.6. The zero-order valence-corrected chi connectivity index (χ0v) is 15.1. The number of rotatable bonds is 5. The minimum atomic E-state index is -0.396. The van der Waals surface area contributed by atoms with E-state index in [1.54, 1.807) is 6.07 Å². The first kappa shape index (κ1) is 17.6. The predicted octanol–water partition coefficient (Wildman–Crippen LogP) is 2.55. The van der Waals surface area contributed by atoms with Crippen LogP contribution >= 0.6 is 11.3 Å². The fraction of sp³-hybridized carbons (Fsp3) is 0.368. The standard InChI is InChI=1S/C19H23N3O2S/c1-13-5-6-17(25-13)19(24)21-16-7-9-22(10-8-16)12-14-3-2-4-15(11-14)18(20)23/h2-6,11,16H,7-10,12H2,1H3,(H2,20,23)(H,21,24). The number of hydrogen-bond donors (Lipinski definition) is 2. The van der Waals surface area contributed by atoms with Crippen LogP contribution in [0.4, 0.5) is 0 Å². The topological polar surface area (TPSA) is 75.4 Å². The third-order valence-electron chi connectivity index (χ3n) is 4.50. The molecule has 1 aliphatic heterocycles. The van der Waals surface area contributed by atoms with E-state index in [-0.39, 0.29) is 11.9 Å². The van der Waals surface area contributed by atoms with Gasteiger partial charge in [-0.3, -0.25) is 14.5 Å². The van der Waals surface area contributed by atoms with Crippen LogP contribution in [0.15, 0.2) is 36.4 Å². The summed E-state index contributed by atoms with van der Waals surface area (Å²) in [5, 5.41) is 3.14. The Morgan fingerprint density at radius 1 is 1.24 bits per heavy atom. The van der Waals surface area contributed by atoms with E-state index in [0.29, 0.717) is 5.56 Å². The number of hydrogen-bond acceptors (Lipinski definition) is 4. The largest absolute Gasteiger partial charge is 0.366 e. The van der Waals surface area contributed by atoms with Crippen molar-refractivity contribution in [1.29, 1.82) is 0 Å². The quantitative estimate of drug-likeness (QED) is 0.863. The molecule has 0 atom stereocenters. The highest BCUT2D eigenvalue weighted by molar-refractivity contribution is 7.13. The predicted molar refractivity (Wildman–Crippen MR) is 99.8 cm³/mol. The summed E-state index contributed by atoms with van der Waals surface area (Å²) < 4.78 is 0. The molecule has 25 heavy (non-hydrogen) atoms. The molecule has 132 valence electrons. The van der Waals surface area contributed by atoms with Crippen LogP contribution in [0.1, 0.15) is 43.3 Å². The highest BCUT2D eigenvalue weighted by atomic mass is 32.1. The van der Waals surface area contributed by atoms with Crippen LogP contribution in [-0.2, 0) is 6.54 Å². The highest BCUT2D eigenvalue weighted by Gasteiger charge is 2.21. The van der Waals surface area contributed by atoms with Gasteiger partial charge in [0, 0.05) is 36.1 Å². The molecule has 3 N–H and O–H groups in total. The van der Waals surface area contributed by atoms with Crippen LogP contribution < -0.4 is 11.1 Å². The number of nitrogens with zero attached hydrogens (tertiary/aromatic N) is 1. The molecular weight excluding hydrogens is 334 g/mol. The third-order valence-corrected chi connectivity index (χ3v) is 5.50. The molecule has 0 saturated carbocycles. The normalized spacial score (nSPS) is 15.9. The molecule has 2 heterocycles. The number of nitrogens with two attached hydrogens (primary N) is 1. The third kappa shape index (κ3) is 4.67. The van der Waals surface area contributed by atoms with Gasteiger partial charge >= 0.3 is 0 Å². The lowest BCUT2D eigenvalue weighted by molar-refractivity contribution is 0.0912. The summed E-state index contributed by atoms with van der Waals surface area (Å²) in [6.07, 6.45) is 1.87. The summed E-state index contributed by atoms with van der Waals surface area (Å²) in [7, 11) is 0. The van der Waals surface area contributed by atoms with E-state index in [1.165, 1.54) is 11.3 Å². The molecule has 1 saturated heterocycles. The maximum atomic E-state index is 12.2. The van der Waals surface area contributed by atoms with E-state index in [9.17, 15) is 9.59 Å². The molecule has 2 aromatic rings. The molecule has 0 bridgehead atoms. The molecule has 0 radical (unpaired) electrons. The number of piperidine rings is 1. The van der Waals surface area contributed by atoms with E-state index < -0.39 is 5.91 Å². The zero-order chi connectivity index (χ0) is 17.8. The number of primary amides is 1. The Balaban J connectivity index is 1.49. The second-order valence-electron chi connectivity index (χ2n) is 6.50. The number of carbonyl (C=O) groups is 2.